The zero-order valence-electron chi connectivity index (χ0n) is 26.8. The number of epoxide rings is 1. The Labute approximate surface area is 259 Å². The summed E-state index contributed by atoms with van der Waals surface area (Å²) in [4.78, 5) is 0. The van der Waals surface area contributed by atoms with Crippen LogP contribution in [0.25, 0.3) is 0 Å². The van der Waals surface area contributed by atoms with Gasteiger partial charge in [0.25, 0.3) is 0 Å². The molecule has 248 valence electrons. The van der Waals surface area contributed by atoms with Crippen LogP contribution in [0.4, 0.5) is 0 Å². The lowest BCUT2D eigenvalue weighted by Crippen LogP contribution is -2.70. The van der Waals surface area contributed by atoms with Gasteiger partial charge in [0, 0.05) is 14.2 Å². The molecule has 0 aromatic carbocycles. The number of allylic oxidation sites excluding steroid dienone is 1. The first kappa shape index (κ1) is 31.6. The van der Waals surface area contributed by atoms with Crippen LogP contribution in [0.3, 0.4) is 0 Å². The molecule has 0 amide bonds. The van der Waals surface area contributed by atoms with E-state index in [0.29, 0.717) is 25.0 Å². The van der Waals surface area contributed by atoms with Crippen LogP contribution in [0.2, 0.25) is 0 Å². The third-order valence-corrected chi connectivity index (χ3v) is 11.9. The minimum Gasteiger partial charge on any atom is -0.387 e. The lowest BCUT2D eigenvalue weighted by atomic mass is 9.63. The normalized spacial score (nSPS) is 53.1. The topological polar surface area (TPSA) is 138 Å². The number of rotatable bonds is 8. The first-order chi connectivity index (χ1) is 20.8. The van der Waals surface area contributed by atoms with Crippen LogP contribution >= 0.6 is 0 Å². The molecule has 7 rings (SSSR count). The molecular formula is C33H50O11. The van der Waals surface area contributed by atoms with Crippen molar-refractivity contribution in [3.05, 3.63) is 23.3 Å². The van der Waals surface area contributed by atoms with Gasteiger partial charge in [-0.1, -0.05) is 32.9 Å². The smallest absolute Gasteiger partial charge is 0.230 e. The molecule has 0 unspecified atom stereocenters. The van der Waals surface area contributed by atoms with Crippen molar-refractivity contribution >= 4 is 0 Å². The highest BCUT2D eigenvalue weighted by molar-refractivity contribution is 5.38. The zero-order chi connectivity index (χ0) is 31.4. The van der Waals surface area contributed by atoms with Crippen molar-refractivity contribution in [1.82, 2.24) is 0 Å². The van der Waals surface area contributed by atoms with E-state index in [1.165, 1.54) is 5.57 Å². The molecule has 0 radical (unpaired) electrons. The number of fused-ring (bicyclic) bond motifs is 3. The van der Waals surface area contributed by atoms with Gasteiger partial charge in [0.05, 0.1) is 25.4 Å². The van der Waals surface area contributed by atoms with Crippen LogP contribution in [0, 0.1) is 23.2 Å². The van der Waals surface area contributed by atoms with E-state index >= 15 is 0 Å². The van der Waals surface area contributed by atoms with Crippen molar-refractivity contribution < 1.29 is 53.2 Å². The summed E-state index contributed by atoms with van der Waals surface area (Å²) in [6, 6.07) is 0. The second-order valence-electron chi connectivity index (χ2n) is 15.0. The van der Waals surface area contributed by atoms with Gasteiger partial charge < -0.3 is 53.2 Å². The number of aliphatic hydroxyl groups excluding tert-OH is 2. The number of ether oxygens (including phenoxy) is 8. The van der Waals surface area contributed by atoms with E-state index < -0.39 is 60.1 Å². The molecule has 4 heterocycles. The van der Waals surface area contributed by atoms with Crippen molar-refractivity contribution in [1.29, 1.82) is 0 Å². The quantitative estimate of drug-likeness (QED) is 0.271. The Morgan fingerprint density at radius 1 is 1.09 bits per heavy atom. The summed E-state index contributed by atoms with van der Waals surface area (Å²) in [5.41, 5.74) is 0.704. The second kappa shape index (κ2) is 10.8. The fourth-order valence-corrected chi connectivity index (χ4v) is 9.48. The summed E-state index contributed by atoms with van der Waals surface area (Å²) in [7, 11) is 3.18. The largest absolute Gasteiger partial charge is 0.387 e. The van der Waals surface area contributed by atoms with E-state index in [0.717, 1.165) is 24.8 Å². The molecule has 6 fully saturated rings. The fraction of sp³-hybridized carbons (Fsp3) is 0.879. The Morgan fingerprint density at radius 3 is 2.50 bits per heavy atom. The Hall–Kier alpha value is -0.960. The van der Waals surface area contributed by atoms with Gasteiger partial charge in [-0.25, -0.2) is 0 Å². The molecule has 0 aromatic heterocycles. The summed E-state index contributed by atoms with van der Waals surface area (Å²) < 4.78 is 48.9. The highest BCUT2D eigenvalue weighted by Crippen LogP contribution is 2.60. The summed E-state index contributed by atoms with van der Waals surface area (Å²) in [5.74, 6) is -1.38. The highest BCUT2D eigenvalue weighted by Gasteiger charge is 2.77. The van der Waals surface area contributed by atoms with Crippen molar-refractivity contribution in [2.45, 2.75) is 126 Å². The molecule has 2 bridgehead atoms. The van der Waals surface area contributed by atoms with Crippen LogP contribution in [-0.2, 0) is 37.9 Å². The van der Waals surface area contributed by atoms with E-state index in [9.17, 15) is 15.3 Å². The average Bonchev–Trinajstić information content (AvgIpc) is 3.48. The Bertz CT molecular complexity index is 1190. The van der Waals surface area contributed by atoms with E-state index in [-0.39, 0.29) is 42.5 Å². The van der Waals surface area contributed by atoms with E-state index in [2.05, 4.69) is 27.4 Å². The monoisotopic (exact) mass is 622 g/mol. The number of hydrogen-bond donors (Lipinski definition) is 3. The summed E-state index contributed by atoms with van der Waals surface area (Å²) in [5, 5.41) is 35.7. The lowest BCUT2D eigenvalue weighted by Gasteiger charge is -2.51. The Balaban J connectivity index is 1.23. The van der Waals surface area contributed by atoms with Crippen LogP contribution in [0.5, 0.6) is 0 Å². The molecule has 11 heteroatoms. The Morgan fingerprint density at radius 2 is 1.84 bits per heavy atom. The van der Waals surface area contributed by atoms with Crippen LogP contribution in [-0.4, -0.2) is 116 Å². The third-order valence-electron chi connectivity index (χ3n) is 11.9. The van der Waals surface area contributed by atoms with Gasteiger partial charge in [-0.15, -0.1) is 0 Å². The van der Waals surface area contributed by atoms with Gasteiger partial charge in [-0.05, 0) is 73.3 Å². The summed E-state index contributed by atoms with van der Waals surface area (Å²) >= 11 is 0. The highest BCUT2D eigenvalue weighted by atomic mass is 16.9. The van der Waals surface area contributed by atoms with Gasteiger partial charge in [-0.2, -0.15) is 0 Å². The van der Waals surface area contributed by atoms with Crippen LogP contribution in [0.1, 0.15) is 59.8 Å². The van der Waals surface area contributed by atoms with Crippen molar-refractivity contribution in [2.75, 3.05) is 34.0 Å². The number of methoxy groups -OCH3 is 2. The predicted octanol–water partition coefficient (Wildman–Crippen LogP) is 2.21. The molecule has 3 aliphatic carbocycles. The van der Waals surface area contributed by atoms with Crippen LogP contribution in [0.15, 0.2) is 23.3 Å². The van der Waals surface area contributed by atoms with E-state index in [4.69, 9.17) is 37.9 Å². The van der Waals surface area contributed by atoms with Crippen molar-refractivity contribution in [3.8, 4) is 0 Å². The molecule has 7 aliphatic rings. The van der Waals surface area contributed by atoms with Gasteiger partial charge in [0.1, 0.15) is 42.2 Å². The SMILES string of the molecule is C=C1[C@@H](O)[C@H](O[C@H]2O[C@H](COC)[C@]34O[C@H](O[C@@H]3[C@@H]2O)[C@](C)([C@@H]2CO2)O4)C2=C(C(C)C)CC[C@]2(C)C[C@H]2[C@H]1CC[C@]2(O)COC. The molecule has 44 heavy (non-hydrogen) atoms. The van der Waals surface area contributed by atoms with Crippen LogP contribution < -0.4 is 0 Å². The molecule has 4 aliphatic heterocycles. The van der Waals surface area contributed by atoms with Gasteiger partial charge in [0.15, 0.2) is 12.6 Å². The van der Waals surface area contributed by atoms with E-state index in [1.807, 2.05) is 6.92 Å². The molecule has 11 nitrogen and oxygen atoms in total. The second-order valence-corrected chi connectivity index (χ2v) is 15.0. The molecule has 14 atom stereocenters. The van der Waals surface area contributed by atoms with Gasteiger partial charge in [0.2, 0.25) is 5.79 Å². The summed E-state index contributed by atoms with van der Waals surface area (Å²) in [6.07, 6.45) is -3.18. The minimum atomic E-state index is -1.39. The lowest BCUT2D eigenvalue weighted by molar-refractivity contribution is -0.384. The molecule has 1 spiro atoms. The fourth-order valence-electron chi connectivity index (χ4n) is 9.48. The number of aliphatic hydroxyl groups is 3. The first-order valence-corrected chi connectivity index (χ1v) is 16.3. The Kier molecular flexibility index (Phi) is 7.75. The van der Waals surface area contributed by atoms with Crippen molar-refractivity contribution in [2.24, 2.45) is 23.2 Å². The van der Waals surface area contributed by atoms with Gasteiger partial charge >= 0.3 is 0 Å². The molecular weight excluding hydrogens is 572 g/mol. The maximum Gasteiger partial charge on any atom is 0.230 e. The third kappa shape index (κ3) is 4.49. The molecule has 4 saturated heterocycles. The number of hydrogen-bond acceptors (Lipinski definition) is 11. The minimum absolute atomic E-state index is 0.0996. The molecule has 0 aromatic rings. The standard InChI is InChI=1S/C33H50O11/c1-16(2)18-8-10-30(4)12-20-19(9-11-32(20,36)15-38-7)17(3)24(34)26(23(18)30)41-28-25(35)27-33(22(40-28)13-37-6)43-29(42-27)31(5,44-33)21-14-39-21/h16,19-22,24-29,34-36H,3,8-15H2,1-2,4-7H3/t19-,20-,21-,22+,24+,25-,26+,27+,28+,29-,30+,31-,32-,33+/m0/s1. The summed E-state index contributed by atoms with van der Waals surface area (Å²) in [6.45, 7) is 13.7. The zero-order valence-corrected chi connectivity index (χ0v) is 26.8. The maximum atomic E-state index is 12.1. The average molecular weight is 623 g/mol. The van der Waals surface area contributed by atoms with Gasteiger partial charge in [-0.3, -0.25) is 0 Å². The molecule has 3 N–H and O–H groups in total. The molecule has 2 saturated carbocycles. The maximum absolute atomic E-state index is 12.1. The predicted molar refractivity (Wildman–Crippen MR) is 155 cm³/mol. The first-order valence-electron chi connectivity index (χ1n) is 16.3. The van der Waals surface area contributed by atoms with E-state index in [1.54, 1.807) is 14.2 Å². The van der Waals surface area contributed by atoms with Crippen molar-refractivity contribution in [3.63, 3.8) is 0 Å².